The molecule has 1 aliphatic carbocycles. The molecule has 0 N–H and O–H groups in total. The molecular weight excluding hydrogens is 304 g/mol. The second kappa shape index (κ2) is 5.76. The predicted octanol–water partition coefficient (Wildman–Crippen LogP) is 3.18. The zero-order chi connectivity index (χ0) is 16.8. The van der Waals surface area contributed by atoms with Gasteiger partial charge in [0.15, 0.2) is 5.82 Å². The second-order valence-corrected chi connectivity index (χ2v) is 7.17. The van der Waals surface area contributed by atoms with Gasteiger partial charge in [-0.3, -0.25) is 4.79 Å². The molecule has 128 valence electrons. The number of hydrogen-bond donors (Lipinski definition) is 0. The van der Waals surface area contributed by atoms with Crippen molar-refractivity contribution in [2.45, 2.75) is 59.0 Å². The van der Waals surface area contributed by atoms with Gasteiger partial charge in [-0.2, -0.15) is 4.98 Å². The molecule has 1 atom stereocenters. The van der Waals surface area contributed by atoms with Gasteiger partial charge in [0.2, 0.25) is 5.89 Å². The Hall–Kier alpha value is -2.11. The van der Waals surface area contributed by atoms with Gasteiger partial charge in [0.1, 0.15) is 0 Å². The Balaban J connectivity index is 1.60. The van der Waals surface area contributed by atoms with Gasteiger partial charge >= 0.3 is 0 Å². The molecule has 2 aliphatic rings. The van der Waals surface area contributed by atoms with Gasteiger partial charge in [-0.25, -0.2) is 0 Å². The lowest BCUT2D eigenvalue weighted by Crippen LogP contribution is -2.31. The summed E-state index contributed by atoms with van der Waals surface area (Å²) in [6.07, 6.45) is 4.49. The third kappa shape index (κ3) is 2.64. The van der Waals surface area contributed by atoms with Crippen LogP contribution in [0.25, 0.3) is 0 Å². The zero-order valence-corrected chi connectivity index (χ0v) is 14.6. The maximum absolute atomic E-state index is 13.2. The van der Waals surface area contributed by atoms with E-state index in [1.807, 2.05) is 11.0 Å². The third-order valence-corrected chi connectivity index (χ3v) is 5.30. The van der Waals surface area contributed by atoms with Crippen molar-refractivity contribution in [3.8, 4) is 0 Å². The highest BCUT2D eigenvalue weighted by atomic mass is 16.5. The van der Waals surface area contributed by atoms with Crippen LogP contribution in [0.15, 0.2) is 10.6 Å². The Kier molecular flexibility index (Phi) is 3.70. The SMILES string of the molecule is Cc1nc([C@H]2CCCN2C(=O)c2cc(C)n(CC3CC3)c2C)no1. The number of carbonyl (C=O) groups excluding carboxylic acids is 1. The van der Waals surface area contributed by atoms with E-state index in [4.69, 9.17) is 4.52 Å². The lowest BCUT2D eigenvalue weighted by atomic mass is 10.1. The van der Waals surface area contributed by atoms with Crippen molar-refractivity contribution in [3.63, 3.8) is 0 Å². The summed E-state index contributed by atoms with van der Waals surface area (Å²) in [4.78, 5) is 19.4. The maximum Gasteiger partial charge on any atom is 0.256 e. The fourth-order valence-corrected chi connectivity index (χ4v) is 3.74. The lowest BCUT2D eigenvalue weighted by molar-refractivity contribution is 0.0727. The highest BCUT2D eigenvalue weighted by Crippen LogP contribution is 2.34. The van der Waals surface area contributed by atoms with E-state index in [1.54, 1.807) is 6.92 Å². The summed E-state index contributed by atoms with van der Waals surface area (Å²) in [6, 6.07) is 1.97. The molecule has 6 heteroatoms. The van der Waals surface area contributed by atoms with Gasteiger partial charge in [-0.1, -0.05) is 5.16 Å². The minimum atomic E-state index is -0.0681. The van der Waals surface area contributed by atoms with Crippen LogP contribution in [0.5, 0.6) is 0 Å². The van der Waals surface area contributed by atoms with E-state index in [1.165, 1.54) is 18.5 Å². The summed E-state index contributed by atoms with van der Waals surface area (Å²) in [7, 11) is 0. The molecule has 2 aromatic heterocycles. The Labute approximate surface area is 141 Å². The molecule has 1 aliphatic heterocycles. The highest BCUT2D eigenvalue weighted by Gasteiger charge is 2.35. The van der Waals surface area contributed by atoms with Gasteiger partial charge < -0.3 is 14.0 Å². The van der Waals surface area contributed by atoms with Gasteiger partial charge in [0, 0.05) is 31.4 Å². The van der Waals surface area contributed by atoms with Crippen LogP contribution in [0, 0.1) is 26.7 Å². The van der Waals surface area contributed by atoms with Crippen molar-refractivity contribution >= 4 is 5.91 Å². The number of amides is 1. The van der Waals surface area contributed by atoms with Crippen molar-refractivity contribution < 1.29 is 9.32 Å². The molecule has 24 heavy (non-hydrogen) atoms. The fourth-order valence-electron chi connectivity index (χ4n) is 3.74. The monoisotopic (exact) mass is 328 g/mol. The second-order valence-electron chi connectivity index (χ2n) is 7.17. The van der Waals surface area contributed by atoms with Crippen LogP contribution in [0.1, 0.15) is 65.2 Å². The Morgan fingerprint density at radius 1 is 1.29 bits per heavy atom. The number of aryl methyl sites for hydroxylation is 2. The van der Waals surface area contributed by atoms with E-state index in [0.717, 1.165) is 43.1 Å². The average molecular weight is 328 g/mol. The number of likely N-dealkylation sites (tertiary alicyclic amines) is 1. The average Bonchev–Trinajstić information content (AvgIpc) is 2.94. The van der Waals surface area contributed by atoms with Gasteiger partial charge in [0.25, 0.3) is 5.91 Å². The van der Waals surface area contributed by atoms with Gasteiger partial charge in [-0.05, 0) is 51.5 Å². The van der Waals surface area contributed by atoms with Gasteiger partial charge in [0.05, 0.1) is 11.6 Å². The van der Waals surface area contributed by atoms with Crippen LogP contribution < -0.4 is 0 Å². The summed E-state index contributed by atoms with van der Waals surface area (Å²) < 4.78 is 7.41. The van der Waals surface area contributed by atoms with Crippen LogP contribution in [0.4, 0.5) is 0 Å². The molecular formula is C18H24N4O2. The first-order valence-electron chi connectivity index (χ1n) is 8.82. The molecule has 2 aromatic rings. The summed E-state index contributed by atoms with van der Waals surface area (Å²) in [5.74, 6) is 2.06. The van der Waals surface area contributed by atoms with Crippen LogP contribution in [-0.2, 0) is 6.54 Å². The molecule has 0 spiro atoms. The quantitative estimate of drug-likeness (QED) is 0.864. The van der Waals surface area contributed by atoms with E-state index in [-0.39, 0.29) is 11.9 Å². The van der Waals surface area contributed by atoms with Crippen molar-refractivity contribution in [1.82, 2.24) is 19.6 Å². The number of hydrogen-bond acceptors (Lipinski definition) is 4. The number of carbonyl (C=O) groups is 1. The number of aromatic nitrogens is 3. The predicted molar refractivity (Wildman–Crippen MR) is 88.7 cm³/mol. The first kappa shape index (κ1) is 15.4. The van der Waals surface area contributed by atoms with Crippen LogP contribution in [-0.4, -0.2) is 32.1 Å². The molecule has 3 heterocycles. The minimum absolute atomic E-state index is 0.0681. The molecule has 1 saturated carbocycles. The van der Waals surface area contributed by atoms with Crippen molar-refractivity contribution in [2.75, 3.05) is 6.54 Å². The van der Waals surface area contributed by atoms with E-state index in [2.05, 4.69) is 28.6 Å². The standard InChI is InChI=1S/C18H24N4O2/c1-11-9-15(12(2)22(11)10-14-6-7-14)18(23)21-8-4-5-16(21)17-19-13(3)24-20-17/h9,14,16H,4-8,10H2,1-3H3/t16-/m1/s1. The summed E-state index contributed by atoms with van der Waals surface area (Å²) in [5, 5.41) is 4.03. The molecule has 0 unspecified atom stereocenters. The smallest absolute Gasteiger partial charge is 0.256 e. The van der Waals surface area contributed by atoms with E-state index in [9.17, 15) is 4.79 Å². The Bertz CT molecular complexity index is 772. The summed E-state index contributed by atoms with van der Waals surface area (Å²) in [5.41, 5.74) is 3.08. The maximum atomic E-state index is 13.2. The highest BCUT2D eigenvalue weighted by molar-refractivity contribution is 5.96. The number of nitrogens with zero attached hydrogens (tertiary/aromatic N) is 4. The topological polar surface area (TPSA) is 64.2 Å². The van der Waals surface area contributed by atoms with E-state index >= 15 is 0 Å². The van der Waals surface area contributed by atoms with Crippen LogP contribution in [0.3, 0.4) is 0 Å². The largest absolute Gasteiger partial charge is 0.348 e. The van der Waals surface area contributed by atoms with E-state index < -0.39 is 0 Å². The normalized spacial score (nSPS) is 20.8. The van der Waals surface area contributed by atoms with Crippen molar-refractivity contribution in [1.29, 1.82) is 0 Å². The minimum Gasteiger partial charge on any atom is -0.348 e. The molecule has 0 radical (unpaired) electrons. The first-order valence-corrected chi connectivity index (χ1v) is 8.82. The molecule has 0 aromatic carbocycles. The van der Waals surface area contributed by atoms with Crippen LogP contribution in [0.2, 0.25) is 0 Å². The molecule has 1 amide bonds. The Morgan fingerprint density at radius 3 is 2.75 bits per heavy atom. The summed E-state index contributed by atoms with van der Waals surface area (Å²) in [6.45, 7) is 7.73. The van der Waals surface area contributed by atoms with E-state index in [0.29, 0.717) is 11.7 Å². The molecule has 2 fully saturated rings. The zero-order valence-electron chi connectivity index (χ0n) is 14.6. The Morgan fingerprint density at radius 2 is 2.08 bits per heavy atom. The van der Waals surface area contributed by atoms with Crippen molar-refractivity contribution in [2.24, 2.45) is 5.92 Å². The molecule has 1 saturated heterocycles. The third-order valence-electron chi connectivity index (χ3n) is 5.30. The lowest BCUT2D eigenvalue weighted by Gasteiger charge is -2.22. The van der Waals surface area contributed by atoms with Gasteiger partial charge in [-0.15, -0.1) is 0 Å². The van der Waals surface area contributed by atoms with Crippen LogP contribution >= 0.6 is 0 Å². The molecule has 4 rings (SSSR count). The number of rotatable bonds is 4. The molecule has 0 bridgehead atoms. The first-order chi connectivity index (χ1) is 11.5. The van der Waals surface area contributed by atoms with Crippen molar-refractivity contribution in [3.05, 3.63) is 34.7 Å². The summed E-state index contributed by atoms with van der Waals surface area (Å²) >= 11 is 0. The fraction of sp³-hybridized carbons (Fsp3) is 0.611. The molecule has 6 nitrogen and oxygen atoms in total.